The molecule has 5 heteroatoms. The van der Waals surface area contributed by atoms with Crippen molar-refractivity contribution in [1.29, 1.82) is 0 Å². The maximum absolute atomic E-state index is 13.0. The molecule has 0 spiro atoms. The molecule has 0 radical (unpaired) electrons. The van der Waals surface area contributed by atoms with Gasteiger partial charge in [-0.1, -0.05) is 12.1 Å². The van der Waals surface area contributed by atoms with Gasteiger partial charge in [0.15, 0.2) is 0 Å². The molecular formula is C20H26FN3O. The molecule has 3 rings (SSSR count). The molecule has 0 N–H and O–H groups in total. The molecule has 1 aromatic carbocycles. The van der Waals surface area contributed by atoms with Crippen molar-refractivity contribution >= 4 is 5.91 Å². The molecule has 1 fully saturated rings. The van der Waals surface area contributed by atoms with E-state index in [-0.39, 0.29) is 11.7 Å². The predicted octanol–water partition coefficient (Wildman–Crippen LogP) is 3.20. The number of nitrogens with zero attached hydrogens (tertiary/aromatic N) is 3. The smallest absolute Gasteiger partial charge is 0.227 e. The van der Waals surface area contributed by atoms with Crippen molar-refractivity contribution in [1.82, 2.24) is 14.7 Å². The van der Waals surface area contributed by atoms with Crippen LogP contribution in [0.1, 0.15) is 35.4 Å². The van der Waals surface area contributed by atoms with Crippen molar-refractivity contribution < 1.29 is 9.18 Å². The summed E-state index contributed by atoms with van der Waals surface area (Å²) in [5, 5.41) is 4.39. The summed E-state index contributed by atoms with van der Waals surface area (Å²) in [7, 11) is 1.91. The van der Waals surface area contributed by atoms with Gasteiger partial charge in [-0.05, 0) is 56.7 Å². The zero-order chi connectivity index (χ0) is 18.0. The number of carbonyl (C=O) groups is 1. The van der Waals surface area contributed by atoms with Crippen LogP contribution in [-0.4, -0.2) is 33.7 Å². The molecule has 2 aromatic rings. The molecule has 134 valence electrons. The van der Waals surface area contributed by atoms with Gasteiger partial charge in [0.1, 0.15) is 5.82 Å². The van der Waals surface area contributed by atoms with E-state index in [0.29, 0.717) is 12.3 Å². The van der Waals surface area contributed by atoms with Gasteiger partial charge in [0.25, 0.3) is 0 Å². The van der Waals surface area contributed by atoms with Crippen LogP contribution in [0, 0.1) is 25.6 Å². The summed E-state index contributed by atoms with van der Waals surface area (Å²) >= 11 is 0. The van der Waals surface area contributed by atoms with Gasteiger partial charge < -0.3 is 4.90 Å². The number of rotatable bonds is 4. The molecule has 0 saturated carbocycles. The van der Waals surface area contributed by atoms with Gasteiger partial charge in [0.05, 0.1) is 12.1 Å². The second kappa shape index (κ2) is 7.38. The third-order valence-corrected chi connectivity index (χ3v) is 5.39. The molecule has 0 atom stereocenters. The standard InChI is InChI=1S/C20H26FN3O/c1-14-19(15(2)23(3)22-14)13-20(25)24-10-8-17(9-11-24)12-16-4-6-18(21)7-5-16/h4-7,17H,8-13H2,1-3H3. The second-order valence-electron chi connectivity index (χ2n) is 7.10. The first kappa shape index (κ1) is 17.6. The Balaban J connectivity index is 1.53. The first-order valence-corrected chi connectivity index (χ1v) is 8.95. The fourth-order valence-corrected chi connectivity index (χ4v) is 3.68. The number of aryl methyl sites for hydroxylation is 2. The lowest BCUT2D eigenvalue weighted by molar-refractivity contribution is -0.131. The average molecular weight is 343 g/mol. The normalized spacial score (nSPS) is 15.6. The Morgan fingerprint density at radius 1 is 1.20 bits per heavy atom. The molecule has 1 saturated heterocycles. The number of carbonyl (C=O) groups excluding carboxylic acids is 1. The van der Waals surface area contributed by atoms with Gasteiger partial charge in [0, 0.05) is 31.4 Å². The predicted molar refractivity (Wildman–Crippen MR) is 95.8 cm³/mol. The van der Waals surface area contributed by atoms with E-state index in [4.69, 9.17) is 0 Å². The summed E-state index contributed by atoms with van der Waals surface area (Å²) < 4.78 is 14.8. The maximum atomic E-state index is 13.0. The Hall–Kier alpha value is -2.17. The summed E-state index contributed by atoms with van der Waals surface area (Å²) in [6, 6.07) is 6.76. The van der Waals surface area contributed by atoms with E-state index in [1.807, 2.05) is 42.6 Å². The molecule has 2 heterocycles. The van der Waals surface area contributed by atoms with Crippen molar-refractivity contribution in [3.8, 4) is 0 Å². The van der Waals surface area contributed by atoms with Crippen LogP contribution in [0.5, 0.6) is 0 Å². The number of hydrogen-bond acceptors (Lipinski definition) is 2. The maximum Gasteiger partial charge on any atom is 0.227 e. The number of piperidine rings is 1. The van der Waals surface area contributed by atoms with Crippen LogP contribution in [0.25, 0.3) is 0 Å². The van der Waals surface area contributed by atoms with Crippen LogP contribution >= 0.6 is 0 Å². The molecule has 4 nitrogen and oxygen atoms in total. The van der Waals surface area contributed by atoms with Crippen LogP contribution in [-0.2, 0) is 24.7 Å². The number of aromatic nitrogens is 2. The number of amides is 1. The lowest BCUT2D eigenvalue weighted by Crippen LogP contribution is -2.39. The Labute approximate surface area is 148 Å². The molecular weight excluding hydrogens is 317 g/mol. The monoisotopic (exact) mass is 343 g/mol. The minimum absolute atomic E-state index is 0.190. The zero-order valence-corrected chi connectivity index (χ0v) is 15.3. The van der Waals surface area contributed by atoms with Crippen molar-refractivity contribution in [3.63, 3.8) is 0 Å². The summed E-state index contributed by atoms with van der Waals surface area (Å²) in [6.45, 7) is 5.59. The molecule has 0 unspecified atom stereocenters. The van der Waals surface area contributed by atoms with E-state index in [0.717, 1.165) is 49.3 Å². The van der Waals surface area contributed by atoms with E-state index in [1.165, 1.54) is 17.7 Å². The van der Waals surface area contributed by atoms with Crippen molar-refractivity contribution in [2.45, 2.75) is 39.5 Å². The van der Waals surface area contributed by atoms with E-state index in [9.17, 15) is 9.18 Å². The fourth-order valence-electron chi connectivity index (χ4n) is 3.68. The topological polar surface area (TPSA) is 38.1 Å². The van der Waals surface area contributed by atoms with E-state index >= 15 is 0 Å². The number of benzene rings is 1. The van der Waals surface area contributed by atoms with Gasteiger partial charge in [-0.25, -0.2) is 4.39 Å². The summed E-state index contributed by atoms with van der Waals surface area (Å²) in [5.41, 5.74) is 4.24. The molecule has 25 heavy (non-hydrogen) atoms. The molecule has 0 bridgehead atoms. The highest BCUT2D eigenvalue weighted by molar-refractivity contribution is 5.79. The van der Waals surface area contributed by atoms with Crippen LogP contribution in [0.15, 0.2) is 24.3 Å². The van der Waals surface area contributed by atoms with E-state index in [1.54, 1.807) is 0 Å². The van der Waals surface area contributed by atoms with Gasteiger partial charge in [-0.15, -0.1) is 0 Å². The summed E-state index contributed by atoms with van der Waals surface area (Å²) in [6.07, 6.45) is 3.42. The average Bonchev–Trinajstić information content (AvgIpc) is 2.84. The van der Waals surface area contributed by atoms with Crippen molar-refractivity contribution in [2.75, 3.05) is 13.1 Å². The van der Waals surface area contributed by atoms with Gasteiger partial charge in [-0.2, -0.15) is 5.10 Å². The lowest BCUT2D eigenvalue weighted by atomic mass is 9.90. The third-order valence-electron chi connectivity index (χ3n) is 5.39. The largest absolute Gasteiger partial charge is 0.342 e. The van der Waals surface area contributed by atoms with Gasteiger partial charge in [-0.3, -0.25) is 9.48 Å². The highest BCUT2D eigenvalue weighted by atomic mass is 19.1. The number of halogens is 1. The lowest BCUT2D eigenvalue weighted by Gasteiger charge is -2.32. The van der Waals surface area contributed by atoms with Gasteiger partial charge >= 0.3 is 0 Å². The van der Waals surface area contributed by atoms with Crippen molar-refractivity contribution in [2.24, 2.45) is 13.0 Å². The first-order chi connectivity index (χ1) is 11.9. The molecule has 0 aliphatic carbocycles. The van der Waals surface area contributed by atoms with Crippen LogP contribution < -0.4 is 0 Å². The molecule has 1 aromatic heterocycles. The minimum Gasteiger partial charge on any atom is -0.342 e. The molecule has 1 amide bonds. The number of likely N-dealkylation sites (tertiary alicyclic amines) is 1. The number of hydrogen-bond donors (Lipinski definition) is 0. The summed E-state index contributed by atoms with van der Waals surface area (Å²) in [5.74, 6) is 0.570. The quantitative estimate of drug-likeness (QED) is 0.855. The van der Waals surface area contributed by atoms with E-state index < -0.39 is 0 Å². The Kier molecular flexibility index (Phi) is 5.21. The zero-order valence-electron chi connectivity index (χ0n) is 15.3. The fraction of sp³-hybridized carbons (Fsp3) is 0.500. The Bertz CT molecular complexity index is 743. The van der Waals surface area contributed by atoms with Gasteiger partial charge in [0.2, 0.25) is 5.91 Å². The highest BCUT2D eigenvalue weighted by Crippen LogP contribution is 2.23. The summed E-state index contributed by atoms with van der Waals surface area (Å²) in [4.78, 5) is 14.6. The van der Waals surface area contributed by atoms with Crippen LogP contribution in [0.2, 0.25) is 0 Å². The highest BCUT2D eigenvalue weighted by Gasteiger charge is 2.24. The Morgan fingerprint density at radius 2 is 1.84 bits per heavy atom. The SMILES string of the molecule is Cc1nn(C)c(C)c1CC(=O)N1CCC(Cc2ccc(F)cc2)CC1. The Morgan fingerprint density at radius 3 is 2.40 bits per heavy atom. The second-order valence-corrected chi connectivity index (χ2v) is 7.10. The van der Waals surface area contributed by atoms with E-state index in [2.05, 4.69) is 5.10 Å². The first-order valence-electron chi connectivity index (χ1n) is 8.95. The van der Waals surface area contributed by atoms with Crippen molar-refractivity contribution in [3.05, 3.63) is 52.6 Å². The minimum atomic E-state index is -0.190. The van der Waals surface area contributed by atoms with Crippen LogP contribution in [0.4, 0.5) is 4.39 Å². The third kappa shape index (κ3) is 4.09. The molecule has 1 aliphatic rings. The van der Waals surface area contributed by atoms with Crippen LogP contribution in [0.3, 0.4) is 0 Å². The molecule has 1 aliphatic heterocycles.